The third-order valence-corrected chi connectivity index (χ3v) is 2.53. The molecule has 0 saturated heterocycles. The van der Waals surface area contributed by atoms with Crippen LogP contribution in [-0.2, 0) is 4.79 Å². The van der Waals surface area contributed by atoms with Gasteiger partial charge in [-0.2, -0.15) is 0 Å². The Balaban J connectivity index is 2.22. The first-order valence-corrected chi connectivity index (χ1v) is 4.86. The first-order valence-electron chi connectivity index (χ1n) is 4.86. The molecule has 0 aliphatic heterocycles. The SMILES string of the molecule is CNC(=O)CN[C@H]1CCCC[C@@H]1O. The second kappa shape index (κ2) is 5.19. The number of carbonyl (C=O) groups excluding carboxylic acids is 1. The molecule has 3 N–H and O–H groups in total. The van der Waals surface area contributed by atoms with Crippen LogP contribution >= 0.6 is 0 Å². The highest BCUT2D eigenvalue weighted by Gasteiger charge is 2.22. The molecule has 1 rings (SSSR count). The summed E-state index contributed by atoms with van der Waals surface area (Å²) in [6.07, 6.45) is 3.78. The van der Waals surface area contributed by atoms with Gasteiger partial charge < -0.3 is 15.7 Å². The molecular weight excluding hydrogens is 168 g/mol. The summed E-state index contributed by atoms with van der Waals surface area (Å²) < 4.78 is 0. The van der Waals surface area contributed by atoms with Crippen molar-refractivity contribution in [3.8, 4) is 0 Å². The summed E-state index contributed by atoms with van der Waals surface area (Å²) in [6, 6.07) is 0.103. The average Bonchev–Trinajstić information content (AvgIpc) is 2.16. The minimum atomic E-state index is -0.279. The molecular formula is C9H18N2O2. The predicted octanol–water partition coefficient (Wildman–Crippen LogP) is -0.374. The zero-order valence-electron chi connectivity index (χ0n) is 8.05. The molecule has 0 heterocycles. The number of carbonyl (C=O) groups is 1. The molecule has 0 radical (unpaired) electrons. The quantitative estimate of drug-likeness (QED) is 0.563. The Kier molecular flexibility index (Phi) is 4.18. The predicted molar refractivity (Wildman–Crippen MR) is 50.3 cm³/mol. The highest BCUT2D eigenvalue weighted by Crippen LogP contribution is 2.17. The smallest absolute Gasteiger partial charge is 0.233 e. The van der Waals surface area contributed by atoms with Crippen LogP contribution in [0.1, 0.15) is 25.7 Å². The van der Waals surface area contributed by atoms with E-state index in [0.29, 0.717) is 6.54 Å². The summed E-state index contributed by atoms with van der Waals surface area (Å²) in [5, 5.41) is 15.2. The van der Waals surface area contributed by atoms with Crippen LogP contribution in [0.4, 0.5) is 0 Å². The van der Waals surface area contributed by atoms with E-state index in [4.69, 9.17) is 0 Å². The van der Waals surface area contributed by atoms with Crippen LogP contribution in [0.15, 0.2) is 0 Å². The lowest BCUT2D eigenvalue weighted by molar-refractivity contribution is -0.120. The fourth-order valence-electron chi connectivity index (χ4n) is 1.66. The average molecular weight is 186 g/mol. The topological polar surface area (TPSA) is 61.4 Å². The molecule has 1 aliphatic rings. The Hall–Kier alpha value is -0.610. The van der Waals surface area contributed by atoms with Gasteiger partial charge in [0.2, 0.25) is 5.91 Å². The number of likely N-dealkylation sites (N-methyl/N-ethyl adjacent to an activating group) is 1. The number of nitrogens with one attached hydrogen (secondary N) is 2. The Morgan fingerprint density at radius 1 is 1.46 bits per heavy atom. The molecule has 4 heteroatoms. The van der Waals surface area contributed by atoms with Gasteiger partial charge in [0.15, 0.2) is 0 Å². The first-order chi connectivity index (χ1) is 6.24. The van der Waals surface area contributed by atoms with Crippen molar-refractivity contribution in [1.82, 2.24) is 10.6 Å². The zero-order chi connectivity index (χ0) is 9.68. The number of amides is 1. The van der Waals surface area contributed by atoms with E-state index in [1.54, 1.807) is 7.05 Å². The summed E-state index contributed by atoms with van der Waals surface area (Å²) in [5.74, 6) is -0.0298. The molecule has 1 amide bonds. The molecule has 1 saturated carbocycles. The summed E-state index contributed by atoms with van der Waals surface area (Å²) in [6.45, 7) is 0.304. The van der Waals surface area contributed by atoms with E-state index in [-0.39, 0.29) is 18.1 Å². The van der Waals surface area contributed by atoms with Gasteiger partial charge in [-0.3, -0.25) is 4.79 Å². The van der Waals surface area contributed by atoms with Crippen LogP contribution < -0.4 is 10.6 Å². The van der Waals surface area contributed by atoms with Crippen LogP contribution in [0.2, 0.25) is 0 Å². The molecule has 0 spiro atoms. The lowest BCUT2D eigenvalue weighted by atomic mass is 9.93. The lowest BCUT2D eigenvalue weighted by Crippen LogP contribution is -2.45. The number of aliphatic hydroxyl groups excluding tert-OH is 1. The fourth-order valence-corrected chi connectivity index (χ4v) is 1.66. The minimum absolute atomic E-state index is 0.0298. The molecule has 1 fully saturated rings. The molecule has 0 aromatic carbocycles. The van der Waals surface area contributed by atoms with E-state index < -0.39 is 0 Å². The maximum absolute atomic E-state index is 10.9. The van der Waals surface area contributed by atoms with Gasteiger partial charge in [0.05, 0.1) is 12.6 Å². The number of aliphatic hydroxyl groups is 1. The molecule has 1 aliphatic carbocycles. The Morgan fingerprint density at radius 2 is 2.15 bits per heavy atom. The number of rotatable bonds is 3. The molecule has 0 aromatic rings. The van der Waals surface area contributed by atoms with Gasteiger partial charge in [-0.15, -0.1) is 0 Å². The van der Waals surface area contributed by atoms with Crippen LogP contribution in [0.25, 0.3) is 0 Å². The monoisotopic (exact) mass is 186 g/mol. The van der Waals surface area contributed by atoms with Gasteiger partial charge in [0, 0.05) is 13.1 Å². The fraction of sp³-hybridized carbons (Fsp3) is 0.889. The van der Waals surface area contributed by atoms with Crippen LogP contribution in [0.5, 0.6) is 0 Å². The Labute approximate surface area is 78.7 Å². The third-order valence-electron chi connectivity index (χ3n) is 2.53. The van der Waals surface area contributed by atoms with Crippen LogP contribution in [-0.4, -0.2) is 36.8 Å². The lowest BCUT2D eigenvalue weighted by Gasteiger charge is -2.28. The van der Waals surface area contributed by atoms with Crippen molar-refractivity contribution < 1.29 is 9.90 Å². The van der Waals surface area contributed by atoms with E-state index in [1.807, 2.05) is 0 Å². The van der Waals surface area contributed by atoms with Gasteiger partial charge in [0.25, 0.3) is 0 Å². The Morgan fingerprint density at radius 3 is 2.77 bits per heavy atom. The van der Waals surface area contributed by atoms with E-state index in [1.165, 1.54) is 0 Å². The van der Waals surface area contributed by atoms with Crippen molar-refractivity contribution in [2.24, 2.45) is 0 Å². The van der Waals surface area contributed by atoms with Gasteiger partial charge in [0.1, 0.15) is 0 Å². The molecule has 0 unspecified atom stereocenters. The molecule has 0 bridgehead atoms. The second-order valence-corrected chi connectivity index (χ2v) is 3.51. The third kappa shape index (κ3) is 3.32. The largest absolute Gasteiger partial charge is 0.392 e. The summed E-state index contributed by atoms with van der Waals surface area (Å²) >= 11 is 0. The maximum atomic E-state index is 10.9. The number of hydrogen-bond acceptors (Lipinski definition) is 3. The van der Waals surface area contributed by atoms with E-state index in [2.05, 4.69) is 10.6 Å². The second-order valence-electron chi connectivity index (χ2n) is 3.51. The van der Waals surface area contributed by atoms with E-state index >= 15 is 0 Å². The molecule has 76 valence electrons. The van der Waals surface area contributed by atoms with Crippen molar-refractivity contribution in [2.75, 3.05) is 13.6 Å². The Bertz CT molecular complexity index is 173. The minimum Gasteiger partial charge on any atom is -0.392 e. The number of hydrogen-bond donors (Lipinski definition) is 3. The molecule has 13 heavy (non-hydrogen) atoms. The first kappa shape index (κ1) is 10.5. The van der Waals surface area contributed by atoms with Crippen molar-refractivity contribution in [1.29, 1.82) is 0 Å². The molecule has 4 nitrogen and oxygen atoms in total. The highest BCUT2D eigenvalue weighted by atomic mass is 16.3. The van der Waals surface area contributed by atoms with Crippen molar-refractivity contribution in [2.45, 2.75) is 37.8 Å². The summed E-state index contributed by atoms with van der Waals surface area (Å²) in [7, 11) is 1.61. The highest BCUT2D eigenvalue weighted by molar-refractivity contribution is 5.77. The zero-order valence-corrected chi connectivity index (χ0v) is 8.05. The van der Waals surface area contributed by atoms with Gasteiger partial charge >= 0.3 is 0 Å². The standard InChI is InChI=1S/C9H18N2O2/c1-10-9(13)6-11-7-4-2-3-5-8(7)12/h7-8,11-12H,2-6H2,1H3,(H,10,13)/t7-,8-/m0/s1. The normalized spacial score (nSPS) is 28.5. The molecule has 2 atom stereocenters. The van der Waals surface area contributed by atoms with Gasteiger partial charge in [-0.1, -0.05) is 12.8 Å². The van der Waals surface area contributed by atoms with E-state index in [0.717, 1.165) is 25.7 Å². The van der Waals surface area contributed by atoms with Crippen molar-refractivity contribution in [3.63, 3.8) is 0 Å². The summed E-state index contributed by atoms with van der Waals surface area (Å²) in [5.41, 5.74) is 0. The van der Waals surface area contributed by atoms with Crippen LogP contribution in [0, 0.1) is 0 Å². The van der Waals surface area contributed by atoms with E-state index in [9.17, 15) is 9.90 Å². The summed E-state index contributed by atoms with van der Waals surface area (Å²) in [4.78, 5) is 10.9. The maximum Gasteiger partial charge on any atom is 0.233 e. The van der Waals surface area contributed by atoms with Crippen molar-refractivity contribution >= 4 is 5.91 Å². The van der Waals surface area contributed by atoms with Gasteiger partial charge in [-0.25, -0.2) is 0 Å². The van der Waals surface area contributed by atoms with Crippen molar-refractivity contribution in [3.05, 3.63) is 0 Å². The van der Waals surface area contributed by atoms with Gasteiger partial charge in [-0.05, 0) is 12.8 Å². The van der Waals surface area contributed by atoms with Crippen LogP contribution in [0.3, 0.4) is 0 Å². The molecule has 0 aromatic heterocycles.